The van der Waals surface area contributed by atoms with Crippen LogP contribution in [0, 0.1) is 6.92 Å². The highest BCUT2D eigenvalue weighted by Crippen LogP contribution is 2.66. The maximum atomic E-state index is 14.1. The molecule has 10 heteroatoms. The molecule has 2 aromatic carbocycles. The molecule has 1 aliphatic rings. The van der Waals surface area contributed by atoms with Crippen LogP contribution in [-0.4, -0.2) is 27.4 Å². The van der Waals surface area contributed by atoms with Crippen molar-refractivity contribution in [2.24, 2.45) is 0 Å². The molecule has 3 rings (SSSR count). The van der Waals surface area contributed by atoms with E-state index < -0.39 is 22.9 Å². The molecule has 2 aromatic rings. The molecule has 0 spiro atoms. The Kier molecular flexibility index (Phi) is 7.05. The number of Topliss-reactive ketones (excluding diaryl/α,β-unsaturated/α-hetero) is 1. The monoisotopic (exact) mass is 527 g/mol. The maximum absolute atomic E-state index is 14.1. The van der Waals surface area contributed by atoms with Crippen molar-refractivity contribution in [2.75, 3.05) is 13.2 Å². The Morgan fingerprint density at radius 1 is 1.03 bits per heavy atom. The lowest BCUT2D eigenvalue weighted by molar-refractivity contribution is 0.103. The molecule has 0 saturated carbocycles. The Bertz CT molecular complexity index is 1170. The molecule has 166 valence electrons. The van der Waals surface area contributed by atoms with Gasteiger partial charge in [-0.25, -0.2) is 8.42 Å². The minimum absolute atomic E-state index is 0.00681. The SMILES string of the molecule is CCOP(=O)(OCC)C1(NS(=O)(=O)c2ccc(C)cc2)C=C(Br)C(=O)c2ccccc21. The van der Waals surface area contributed by atoms with E-state index in [1.165, 1.54) is 18.2 Å². The summed E-state index contributed by atoms with van der Waals surface area (Å²) in [6.45, 7) is 5.12. The van der Waals surface area contributed by atoms with Gasteiger partial charge >= 0.3 is 7.60 Å². The van der Waals surface area contributed by atoms with Crippen LogP contribution in [0.25, 0.3) is 0 Å². The fraction of sp³-hybridized carbons (Fsp3) is 0.286. The number of fused-ring (bicyclic) bond motifs is 1. The molecule has 1 atom stereocenters. The fourth-order valence-electron chi connectivity index (χ4n) is 3.40. The van der Waals surface area contributed by atoms with E-state index in [9.17, 15) is 17.8 Å². The third-order valence-electron chi connectivity index (χ3n) is 4.79. The number of hydrogen-bond acceptors (Lipinski definition) is 6. The normalized spacial score (nSPS) is 19.1. The summed E-state index contributed by atoms with van der Waals surface area (Å²) in [5.74, 6) is -0.361. The lowest BCUT2D eigenvalue weighted by Crippen LogP contribution is -2.47. The smallest absolute Gasteiger partial charge is 0.307 e. The minimum Gasteiger partial charge on any atom is -0.307 e. The summed E-state index contributed by atoms with van der Waals surface area (Å²) >= 11 is 3.21. The van der Waals surface area contributed by atoms with Crippen LogP contribution >= 0.6 is 23.5 Å². The number of aryl methyl sites for hydroxylation is 1. The van der Waals surface area contributed by atoms with E-state index in [0.717, 1.165) is 5.56 Å². The molecule has 1 aliphatic carbocycles. The van der Waals surface area contributed by atoms with Gasteiger partial charge in [-0.2, -0.15) is 4.72 Å². The van der Waals surface area contributed by atoms with E-state index in [4.69, 9.17) is 9.05 Å². The summed E-state index contributed by atoms with van der Waals surface area (Å²) in [5.41, 5.74) is 1.28. The van der Waals surface area contributed by atoms with Crippen molar-refractivity contribution < 1.29 is 26.8 Å². The minimum atomic E-state index is -4.20. The second kappa shape index (κ2) is 9.10. The molecule has 7 nitrogen and oxygen atoms in total. The third kappa shape index (κ3) is 4.35. The highest BCUT2D eigenvalue weighted by Gasteiger charge is 2.57. The van der Waals surface area contributed by atoms with Crippen LogP contribution < -0.4 is 4.72 Å². The molecule has 1 N–H and O–H groups in total. The maximum Gasteiger partial charge on any atom is 0.360 e. The predicted molar refractivity (Wildman–Crippen MR) is 122 cm³/mol. The van der Waals surface area contributed by atoms with Crippen LogP contribution in [0.1, 0.15) is 35.3 Å². The quantitative estimate of drug-likeness (QED) is 0.491. The molecule has 0 amide bonds. The van der Waals surface area contributed by atoms with Crippen LogP contribution in [0.2, 0.25) is 0 Å². The van der Waals surface area contributed by atoms with Gasteiger partial charge in [-0.05, 0) is 54.9 Å². The standard InChI is InChI=1S/C21H23BrNO6PS/c1-4-28-30(25,29-5-2)21(23-31(26,27)16-12-10-15(3)11-13-16)14-19(22)20(24)17-8-6-7-9-18(17)21/h6-14,23H,4-5H2,1-3H3. The Morgan fingerprint density at radius 2 is 1.61 bits per heavy atom. The lowest BCUT2D eigenvalue weighted by atomic mass is 9.92. The number of carbonyl (C=O) groups is 1. The molecular weight excluding hydrogens is 505 g/mol. The molecule has 0 aromatic heterocycles. The zero-order valence-corrected chi connectivity index (χ0v) is 20.6. The second-order valence-electron chi connectivity index (χ2n) is 6.88. The molecule has 0 bridgehead atoms. The number of carbonyl (C=O) groups excluding carboxylic acids is 1. The van der Waals surface area contributed by atoms with Gasteiger partial charge in [-0.1, -0.05) is 42.0 Å². The summed E-state index contributed by atoms with van der Waals surface area (Å²) in [5, 5.41) is -1.95. The number of sulfonamides is 1. The van der Waals surface area contributed by atoms with Crippen molar-refractivity contribution >= 4 is 39.3 Å². The summed E-state index contributed by atoms with van der Waals surface area (Å²) < 4.78 is 54.7. The number of allylic oxidation sites excluding steroid dienone is 1. The molecular formula is C21H23BrNO6PS. The first kappa shape index (κ1) is 24.0. The van der Waals surface area contributed by atoms with Crippen molar-refractivity contribution in [1.29, 1.82) is 0 Å². The number of ketones is 1. The average molecular weight is 528 g/mol. The Hall–Kier alpha value is -1.61. The van der Waals surface area contributed by atoms with Crippen LogP contribution in [0.4, 0.5) is 0 Å². The predicted octanol–water partition coefficient (Wildman–Crippen LogP) is 4.87. The largest absolute Gasteiger partial charge is 0.360 e. The number of benzene rings is 2. The topological polar surface area (TPSA) is 98.8 Å². The number of hydrogen-bond donors (Lipinski definition) is 1. The van der Waals surface area contributed by atoms with Gasteiger partial charge < -0.3 is 9.05 Å². The first-order valence-corrected chi connectivity index (χ1v) is 13.4. The molecule has 31 heavy (non-hydrogen) atoms. The molecule has 0 heterocycles. The zero-order chi connectivity index (χ0) is 22.9. The van der Waals surface area contributed by atoms with Crippen molar-refractivity contribution in [3.05, 3.63) is 75.8 Å². The lowest BCUT2D eigenvalue weighted by Gasteiger charge is -2.40. The van der Waals surface area contributed by atoms with Gasteiger partial charge in [0.15, 0.2) is 11.1 Å². The van der Waals surface area contributed by atoms with E-state index >= 15 is 0 Å². The highest BCUT2D eigenvalue weighted by molar-refractivity contribution is 9.12. The van der Waals surface area contributed by atoms with Crippen LogP contribution in [0.3, 0.4) is 0 Å². The van der Waals surface area contributed by atoms with Gasteiger partial charge in [0.25, 0.3) is 0 Å². The van der Waals surface area contributed by atoms with Crippen molar-refractivity contribution in [2.45, 2.75) is 30.9 Å². The van der Waals surface area contributed by atoms with E-state index in [-0.39, 0.29) is 39.5 Å². The van der Waals surface area contributed by atoms with Crippen LogP contribution in [0.15, 0.2) is 64.0 Å². The Morgan fingerprint density at radius 3 is 2.19 bits per heavy atom. The van der Waals surface area contributed by atoms with Gasteiger partial charge in [0, 0.05) is 11.1 Å². The van der Waals surface area contributed by atoms with Crippen LogP contribution in [0.5, 0.6) is 0 Å². The Balaban J connectivity index is 2.32. The van der Waals surface area contributed by atoms with Gasteiger partial charge in [-0.3, -0.25) is 9.36 Å². The van der Waals surface area contributed by atoms with Gasteiger partial charge in [-0.15, -0.1) is 0 Å². The second-order valence-corrected chi connectivity index (χ2v) is 11.6. The third-order valence-corrected chi connectivity index (χ3v) is 9.55. The molecule has 1 unspecified atom stereocenters. The first-order chi connectivity index (χ1) is 14.6. The fourth-order valence-corrected chi connectivity index (χ4v) is 8.07. The van der Waals surface area contributed by atoms with E-state index in [0.29, 0.717) is 0 Å². The molecule has 0 radical (unpaired) electrons. The summed E-state index contributed by atoms with van der Waals surface area (Å²) in [4.78, 5) is 12.7. The van der Waals surface area contributed by atoms with E-state index in [1.54, 1.807) is 50.2 Å². The number of halogens is 1. The average Bonchev–Trinajstić information content (AvgIpc) is 2.72. The molecule has 0 fully saturated rings. The van der Waals surface area contributed by atoms with Crippen LogP contribution in [-0.2, 0) is 28.9 Å². The van der Waals surface area contributed by atoms with E-state index in [2.05, 4.69) is 20.7 Å². The summed E-state index contributed by atoms with van der Waals surface area (Å²) in [6.07, 6.45) is 1.27. The number of rotatable bonds is 8. The summed E-state index contributed by atoms with van der Waals surface area (Å²) in [6, 6.07) is 12.6. The van der Waals surface area contributed by atoms with Crippen molar-refractivity contribution in [1.82, 2.24) is 4.72 Å². The highest BCUT2D eigenvalue weighted by atomic mass is 79.9. The molecule has 0 saturated heterocycles. The summed E-state index contributed by atoms with van der Waals surface area (Å²) in [7, 11) is -8.39. The van der Waals surface area contributed by atoms with Crippen molar-refractivity contribution in [3.63, 3.8) is 0 Å². The first-order valence-electron chi connectivity index (χ1n) is 9.62. The van der Waals surface area contributed by atoms with Crippen molar-refractivity contribution in [3.8, 4) is 0 Å². The molecule has 0 aliphatic heterocycles. The Labute approximate surface area is 190 Å². The van der Waals surface area contributed by atoms with Gasteiger partial charge in [0.05, 0.1) is 22.6 Å². The number of nitrogens with one attached hydrogen (secondary N) is 1. The van der Waals surface area contributed by atoms with E-state index in [1.807, 2.05) is 6.92 Å². The zero-order valence-electron chi connectivity index (χ0n) is 17.3. The van der Waals surface area contributed by atoms with Gasteiger partial charge in [0.2, 0.25) is 10.0 Å². The van der Waals surface area contributed by atoms with Gasteiger partial charge in [0.1, 0.15) is 0 Å².